The lowest BCUT2D eigenvalue weighted by Gasteiger charge is -2.64. The molecule has 19 heavy (non-hydrogen) atoms. The molecule has 1 heterocycles. The maximum atomic E-state index is 7.79. The lowest BCUT2D eigenvalue weighted by atomic mass is 9.43. The summed E-state index contributed by atoms with van der Waals surface area (Å²) in [6.07, 6.45) is 2.68. The van der Waals surface area contributed by atoms with Gasteiger partial charge in [0, 0.05) is 6.54 Å². The van der Waals surface area contributed by atoms with Gasteiger partial charge in [-0.25, -0.2) is 0 Å². The highest BCUT2D eigenvalue weighted by molar-refractivity contribution is 5.75. The highest BCUT2D eigenvalue weighted by atomic mass is 16.5. The normalized spacial score (nSPS) is 44.6. The Balaban J connectivity index is 1.77. The lowest BCUT2D eigenvalue weighted by Crippen LogP contribution is -2.62. The highest BCUT2D eigenvalue weighted by Crippen LogP contribution is 2.63. The smallest absolute Gasteiger partial charge is 0.188 e. The summed E-state index contributed by atoms with van der Waals surface area (Å²) in [7, 11) is 0. The maximum Gasteiger partial charge on any atom is 0.188 e. The summed E-state index contributed by atoms with van der Waals surface area (Å²) in [5.74, 6) is 3.27. The fourth-order valence-electron chi connectivity index (χ4n) is 4.97. The van der Waals surface area contributed by atoms with Gasteiger partial charge in [-0.15, -0.1) is 0 Å². The summed E-state index contributed by atoms with van der Waals surface area (Å²) in [6, 6.07) is 0.322. The first-order valence-electron chi connectivity index (χ1n) is 7.61. The van der Waals surface area contributed by atoms with E-state index in [9.17, 15) is 0 Å². The predicted octanol–water partition coefficient (Wildman–Crippen LogP) is 1.90. The molecule has 4 fully saturated rings. The zero-order valence-electron chi connectivity index (χ0n) is 12.4. The number of hydrogen-bond donors (Lipinski definition) is 2. The van der Waals surface area contributed by atoms with Crippen LogP contribution in [-0.4, -0.2) is 36.7 Å². The van der Waals surface area contributed by atoms with E-state index >= 15 is 0 Å². The third-order valence-electron chi connectivity index (χ3n) is 6.38. The molecule has 0 aromatic carbocycles. The minimum absolute atomic E-state index is 0.221. The molecule has 2 bridgehead atoms. The molecule has 0 radical (unpaired) electrons. The van der Waals surface area contributed by atoms with Crippen molar-refractivity contribution in [1.29, 1.82) is 5.41 Å². The number of guanidine groups is 1. The van der Waals surface area contributed by atoms with Crippen molar-refractivity contribution in [3.8, 4) is 0 Å². The minimum atomic E-state index is 0.221. The Bertz CT molecular complexity index is 382. The number of fused-ring (bicyclic) bond motifs is 2. The van der Waals surface area contributed by atoms with Crippen LogP contribution in [0.5, 0.6) is 0 Å². The van der Waals surface area contributed by atoms with Gasteiger partial charge in [-0.3, -0.25) is 5.41 Å². The second-order valence-corrected chi connectivity index (χ2v) is 7.34. The van der Waals surface area contributed by atoms with Crippen LogP contribution in [0, 0.1) is 34.5 Å². The Labute approximate surface area is 116 Å². The van der Waals surface area contributed by atoms with E-state index in [1.54, 1.807) is 0 Å². The van der Waals surface area contributed by atoms with E-state index in [1.165, 1.54) is 12.8 Å². The van der Waals surface area contributed by atoms with Crippen molar-refractivity contribution in [2.24, 2.45) is 34.8 Å². The number of rotatable bonds is 1. The van der Waals surface area contributed by atoms with Gasteiger partial charge in [0.15, 0.2) is 5.96 Å². The van der Waals surface area contributed by atoms with Gasteiger partial charge in [0.05, 0.1) is 19.3 Å². The number of nitrogens with one attached hydrogen (secondary N) is 1. The molecular formula is C15H27N3O. The first kappa shape index (κ1) is 13.2. The van der Waals surface area contributed by atoms with Crippen LogP contribution in [0.4, 0.5) is 0 Å². The van der Waals surface area contributed by atoms with Gasteiger partial charge in [0.2, 0.25) is 0 Å². The highest BCUT2D eigenvalue weighted by Gasteiger charge is 2.58. The van der Waals surface area contributed by atoms with Crippen LogP contribution in [0.25, 0.3) is 0 Å². The van der Waals surface area contributed by atoms with Crippen molar-refractivity contribution in [1.82, 2.24) is 4.90 Å². The van der Waals surface area contributed by atoms with E-state index in [-0.39, 0.29) is 5.96 Å². The van der Waals surface area contributed by atoms with Crippen molar-refractivity contribution in [2.75, 3.05) is 19.8 Å². The third kappa shape index (κ3) is 1.87. The topological polar surface area (TPSA) is 62.3 Å². The van der Waals surface area contributed by atoms with Crippen LogP contribution in [0.2, 0.25) is 0 Å². The molecule has 3 aliphatic carbocycles. The number of nitrogens with zero attached hydrogens (tertiary/aromatic N) is 1. The quantitative estimate of drug-likeness (QED) is 0.562. The first-order valence-corrected chi connectivity index (χ1v) is 7.61. The second kappa shape index (κ2) is 4.37. The van der Waals surface area contributed by atoms with E-state index in [2.05, 4.69) is 25.7 Å². The van der Waals surface area contributed by atoms with Crippen LogP contribution in [0.1, 0.15) is 33.6 Å². The number of nitrogens with two attached hydrogens (primary N) is 1. The van der Waals surface area contributed by atoms with Crippen molar-refractivity contribution in [2.45, 2.75) is 39.7 Å². The van der Waals surface area contributed by atoms with Crippen molar-refractivity contribution in [3.05, 3.63) is 0 Å². The molecule has 2 unspecified atom stereocenters. The van der Waals surface area contributed by atoms with E-state index in [1.807, 2.05) is 0 Å². The first-order chi connectivity index (χ1) is 8.93. The number of morpholine rings is 1. The fourth-order valence-corrected chi connectivity index (χ4v) is 4.97. The molecule has 3 saturated carbocycles. The summed E-state index contributed by atoms with van der Waals surface area (Å²) in [4.78, 5) is 2.07. The van der Waals surface area contributed by atoms with Crippen LogP contribution in [0.3, 0.4) is 0 Å². The molecule has 108 valence electrons. The molecule has 0 amide bonds. The molecule has 0 spiro atoms. The molecule has 0 aromatic heterocycles. The van der Waals surface area contributed by atoms with Gasteiger partial charge in [-0.1, -0.05) is 20.8 Å². The Morgan fingerprint density at radius 1 is 1.37 bits per heavy atom. The summed E-state index contributed by atoms with van der Waals surface area (Å²) < 4.78 is 5.67. The van der Waals surface area contributed by atoms with E-state index in [4.69, 9.17) is 15.9 Å². The van der Waals surface area contributed by atoms with E-state index in [0.717, 1.165) is 25.0 Å². The molecule has 1 saturated heterocycles. The van der Waals surface area contributed by atoms with Gasteiger partial charge in [0.1, 0.15) is 0 Å². The zero-order chi connectivity index (χ0) is 13.8. The predicted molar refractivity (Wildman–Crippen MR) is 75.9 cm³/mol. The van der Waals surface area contributed by atoms with Gasteiger partial charge in [-0.2, -0.15) is 0 Å². The Kier molecular flexibility index (Phi) is 3.04. The van der Waals surface area contributed by atoms with Crippen molar-refractivity contribution < 1.29 is 4.74 Å². The zero-order valence-corrected chi connectivity index (χ0v) is 12.4. The summed E-state index contributed by atoms with van der Waals surface area (Å²) in [5.41, 5.74) is 6.28. The van der Waals surface area contributed by atoms with Crippen molar-refractivity contribution in [3.63, 3.8) is 0 Å². The van der Waals surface area contributed by atoms with Crippen LogP contribution in [0.15, 0.2) is 0 Å². The van der Waals surface area contributed by atoms with Gasteiger partial charge in [-0.05, 0) is 41.9 Å². The van der Waals surface area contributed by atoms with Gasteiger partial charge >= 0.3 is 0 Å². The SMILES string of the molecule is C[C@@H]1C(C2COCCN2C(=N)N)C[C@@H]2C[C@H]1C2(C)C. The molecule has 3 N–H and O–H groups in total. The van der Waals surface area contributed by atoms with E-state index in [0.29, 0.717) is 29.9 Å². The van der Waals surface area contributed by atoms with Gasteiger partial charge in [0.25, 0.3) is 0 Å². The molecule has 1 aliphatic heterocycles. The van der Waals surface area contributed by atoms with Crippen LogP contribution in [-0.2, 0) is 4.74 Å². The number of ether oxygens (including phenoxy) is 1. The third-order valence-corrected chi connectivity index (χ3v) is 6.38. The van der Waals surface area contributed by atoms with Crippen molar-refractivity contribution >= 4 is 5.96 Å². The molecule has 4 aliphatic rings. The molecular weight excluding hydrogens is 238 g/mol. The summed E-state index contributed by atoms with van der Waals surface area (Å²) in [5, 5.41) is 7.79. The van der Waals surface area contributed by atoms with Crippen LogP contribution >= 0.6 is 0 Å². The molecule has 4 nitrogen and oxygen atoms in total. The van der Waals surface area contributed by atoms with E-state index < -0.39 is 0 Å². The molecule has 4 heteroatoms. The molecule has 4 rings (SSSR count). The summed E-state index contributed by atoms with van der Waals surface area (Å²) >= 11 is 0. The Morgan fingerprint density at radius 2 is 2.11 bits per heavy atom. The maximum absolute atomic E-state index is 7.79. The Morgan fingerprint density at radius 3 is 2.68 bits per heavy atom. The summed E-state index contributed by atoms with van der Waals surface area (Å²) in [6.45, 7) is 9.49. The largest absolute Gasteiger partial charge is 0.377 e. The fraction of sp³-hybridized carbons (Fsp3) is 0.933. The van der Waals surface area contributed by atoms with Gasteiger partial charge < -0.3 is 15.4 Å². The second-order valence-electron chi connectivity index (χ2n) is 7.34. The Hall–Kier alpha value is -0.770. The average Bonchev–Trinajstić information content (AvgIpc) is 2.38. The molecule has 0 aromatic rings. The van der Waals surface area contributed by atoms with Crippen LogP contribution < -0.4 is 5.73 Å². The standard InChI is InChI=1S/C15H27N3O/c1-9-11(6-10-7-12(9)15(10,2)3)13-8-19-5-4-18(13)14(16)17/h9-13H,4-8H2,1-3H3,(H3,16,17)/t9-,10-,11?,12-,13?/m1/s1. The number of hydrogen-bond acceptors (Lipinski definition) is 2. The minimum Gasteiger partial charge on any atom is -0.377 e. The molecule has 5 atom stereocenters. The lowest BCUT2D eigenvalue weighted by molar-refractivity contribution is -0.152. The monoisotopic (exact) mass is 265 g/mol. The average molecular weight is 265 g/mol.